The van der Waals surface area contributed by atoms with Crippen LogP contribution in [0, 0.1) is 6.92 Å². The van der Waals surface area contributed by atoms with E-state index in [2.05, 4.69) is 15.8 Å². The summed E-state index contributed by atoms with van der Waals surface area (Å²) < 4.78 is 15.2. The number of carbonyl (C=O) groups is 2. The first kappa shape index (κ1) is 19.9. The van der Waals surface area contributed by atoms with Crippen LogP contribution in [0.15, 0.2) is 22.7 Å². The van der Waals surface area contributed by atoms with E-state index in [0.29, 0.717) is 33.8 Å². The molecule has 0 spiro atoms. The van der Waals surface area contributed by atoms with Gasteiger partial charge in [-0.25, -0.2) is 0 Å². The molecule has 0 aliphatic carbocycles. The van der Waals surface area contributed by atoms with E-state index in [4.69, 9.17) is 25.6 Å². The number of anilines is 2. The smallest absolute Gasteiger partial charge is 0.235 e. The van der Waals surface area contributed by atoms with Gasteiger partial charge in [0.05, 0.1) is 36.4 Å². The number of hydrogen-bond acceptors (Lipinski definition) is 7. The Morgan fingerprint density at radius 2 is 1.77 bits per heavy atom. The normalized spacial score (nSPS) is 10.3. The van der Waals surface area contributed by atoms with Gasteiger partial charge in [0, 0.05) is 18.2 Å². The molecule has 0 unspecified atom stereocenters. The minimum atomic E-state index is -0.289. The maximum Gasteiger partial charge on any atom is 0.235 e. The van der Waals surface area contributed by atoms with Crippen molar-refractivity contribution in [2.75, 3.05) is 36.4 Å². The Kier molecular flexibility index (Phi) is 7.16. The fourth-order valence-corrected chi connectivity index (χ4v) is 2.83. The van der Waals surface area contributed by atoms with Crippen LogP contribution in [-0.4, -0.2) is 42.7 Å². The maximum atomic E-state index is 12.1. The molecular formula is C16H18ClN3O5S. The molecule has 2 amide bonds. The molecule has 0 saturated carbocycles. The number of ether oxygens (including phenoxy) is 2. The highest BCUT2D eigenvalue weighted by molar-refractivity contribution is 8.00. The fraction of sp³-hybridized carbons (Fsp3) is 0.312. The molecule has 0 bridgehead atoms. The second-order valence-electron chi connectivity index (χ2n) is 5.10. The number of hydrogen-bond donors (Lipinski definition) is 2. The van der Waals surface area contributed by atoms with E-state index in [9.17, 15) is 9.59 Å². The van der Waals surface area contributed by atoms with Crippen molar-refractivity contribution in [3.63, 3.8) is 0 Å². The van der Waals surface area contributed by atoms with Crippen molar-refractivity contribution in [2.24, 2.45) is 0 Å². The van der Waals surface area contributed by atoms with Crippen LogP contribution >= 0.6 is 23.4 Å². The van der Waals surface area contributed by atoms with Crippen molar-refractivity contribution >= 4 is 46.7 Å². The van der Waals surface area contributed by atoms with E-state index < -0.39 is 0 Å². The number of thioether (sulfide) groups is 1. The molecule has 140 valence electrons. The predicted octanol–water partition coefficient (Wildman–Crippen LogP) is 2.96. The van der Waals surface area contributed by atoms with Crippen LogP contribution in [0.5, 0.6) is 11.5 Å². The Morgan fingerprint density at radius 1 is 1.12 bits per heavy atom. The van der Waals surface area contributed by atoms with Crippen molar-refractivity contribution in [3.05, 3.63) is 29.0 Å². The number of aryl methyl sites for hydroxylation is 1. The van der Waals surface area contributed by atoms with Gasteiger partial charge in [-0.3, -0.25) is 9.59 Å². The fourth-order valence-electron chi connectivity index (χ4n) is 1.99. The number of nitrogens with one attached hydrogen (secondary N) is 2. The average Bonchev–Trinajstić information content (AvgIpc) is 3.00. The summed E-state index contributed by atoms with van der Waals surface area (Å²) in [7, 11) is 2.95. The second-order valence-corrected chi connectivity index (χ2v) is 6.49. The SMILES string of the molecule is COc1cc(NC(=O)CSCC(=O)Nc2cc(C)on2)c(OC)cc1Cl. The Labute approximate surface area is 159 Å². The first-order valence-electron chi connectivity index (χ1n) is 7.45. The Hall–Kier alpha value is -2.39. The highest BCUT2D eigenvalue weighted by Crippen LogP contribution is 2.35. The quantitative estimate of drug-likeness (QED) is 0.703. The van der Waals surface area contributed by atoms with Crippen molar-refractivity contribution in [1.29, 1.82) is 0 Å². The van der Waals surface area contributed by atoms with Gasteiger partial charge in [0.25, 0.3) is 0 Å². The van der Waals surface area contributed by atoms with Crippen LogP contribution < -0.4 is 20.1 Å². The van der Waals surface area contributed by atoms with Gasteiger partial charge in [0.15, 0.2) is 5.82 Å². The molecule has 0 atom stereocenters. The zero-order valence-corrected chi connectivity index (χ0v) is 16.0. The van der Waals surface area contributed by atoms with Crippen molar-refractivity contribution in [2.45, 2.75) is 6.92 Å². The van der Waals surface area contributed by atoms with Crippen molar-refractivity contribution in [3.8, 4) is 11.5 Å². The molecular weight excluding hydrogens is 382 g/mol. The van der Waals surface area contributed by atoms with Crippen LogP contribution in [0.1, 0.15) is 5.76 Å². The number of nitrogens with zero attached hydrogens (tertiary/aromatic N) is 1. The monoisotopic (exact) mass is 399 g/mol. The summed E-state index contributed by atoms with van der Waals surface area (Å²) in [6.45, 7) is 1.72. The number of methoxy groups -OCH3 is 2. The average molecular weight is 400 g/mol. The lowest BCUT2D eigenvalue weighted by atomic mass is 10.2. The van der Waals surface area contributed by atoms with E-state index in [1.54, 1.807) is 25.1 Å². The third kappa shape index (κ3) is 5.57. The summed E-state index contributed by atoms with van der Waals surface area (Å²) in [5, 5.41) is 9.32. The Morgan fingerprint density at radius 3 is 2.35 bits per heavy atom. The van der Waals surface area contributed by atoms with E-state index in [1.165, 1.54) is 14.2 Å². The standard InChI is InChI=1S/C16H18ClN3O5S/c1-9-4-14(20-25-9)19-16(22)8-26-7-15(21)18-11-6-12(23-2)10(17)5-13(11)24-3/h4-6H,7-8H2,1-3H3,(H,18,21)(H,19,20,22). The van der Waals surface area contributed by atoms with Gasteiger partial charge in [-0.1, -0.05) is 16.8 Å². The highest BCUT2D eigenvalue weighted by atomic mass is 35.5. The van der Waals surface area contributed by atoms with Gasteiger partial charge < -0.3 is 24.6 Å². The van der Waals surface area contributed by atoms with E-state index >= 15 is 0 Å². The number of benzene rings is 1. The van der Waals surface area contributed by atoms with Gasteiger partial charge in [0.2, 0.25) is 11.8 Å². The minimum absolute atomic E-state index is 0.0827. The molecule has 2 rings (SSSR count). The largest absolute Gasteiger partial charge is 0.495 e. The number of amides is 2. The van der Waals surface area contributed by atoms with Crippen LogP contribution in [0.25, 0.3) is 0 Å². The first-order valence-corrected chi connectivity index (χ1v) is 8.98. The lowest BCUT2D eigenvalue weighted by molar-refractivity contribution is -0.114. The third-order valence-corrected chi connectivity index (χ3v) is 4.34. The highest BCUT2D eigenvalue weighted by Gasteiger charge is 2.13. The lowest BCUT2D eigenvalue weighted by Gasteiger charge is -2.13. The molecule has 26 heavy (non-hydrogen) atoms. The molecule has 8 nitrogen and oxygen atoms in total. The second kappa shape index (κ2) is 9.35. The van der Waals surface area contributed by atoms with Crippen molar-refractivity contribution in [1.82, 2.24) is 5.16 Å². The zero-order valence-electron chi connectivity index (χ0n) is 14.4. The van der Waals surface area contributed by atoms with Gasteiger partial charge in [-0.15, -0.1) is 11.8 Å². The molecule has 0 saturated heterocycles. The van der Waals surface area contributed by atoms with Gasteiger partial charge in [-0.05, 0) is 6.92 Å². The Balaban J connectivity index is 1.84. The predicted molar refractivity (Wildman–Crippen MR) is 100 cm³/mol. The molecule has 0 aliphatic heterocycles. The van der Waals surface area contributed by atoms with Crippen LogP contribution in [0.3, 0.4) is 0 Å². The van der Waals surface area contributed by atoms with Gasteiger partial charge in [-0.2, -0.15) is 0 Å². The summed E-state index contributed by atoms with van der Waals surface area (Å²) >= 11 is 7.19. The van der Waals surface area contributed by atoms with E-state index in [-0.39, 0.29) is 23.3 Å². The summed E-state index contributed by atoms with van der Waals surface area (Å²) in [5.74, 6) is 1.38. The summed E-state index contributed by atoms with van der Waals surface area (Å²) in [6, 6.07) is 4.73. The molecule has 1 aromatic heterocycles. The lowest BCUT2D eigenvalue weighted by Crippen LogP contribution is -2.18. The van der Waals surface area contributed by atoms with Crippen molar-refractivity contribution < 1.29 is 23.6 Å². The zero-order chi connectivity index (χ0) is 19.1. The number of halogens is 1. The van der Waals surface area contributed by atoms with Gasteiger partial charge >= 0.3 is 0 Å². The van der Waals surface area contributed by atoms with E-state index in [1.807, 2.05) is 0 Å². The topological polar surface area (TPSA) is 103 Å². The minimum Gasteiger partial charge on any atom is -0.495 e. The Bertz CT molecular complexity index is 796. The number of carbonyl (C=O) groups excluding carboxylic acids is 2. The molecule has 2 N–H and O–H groups in total. The third-order valence-electron chi connectivity index (χ3n) is 3.11. The molecule has 0 aliphatic rings. The molecule has 1 aromatic carbocycles. The van der Waals surface area contributed by atoms with Crippen LogP contribution in [0.4, 0.5) is 11.5 Å². The van der Waals surface area contributed by atoms with Crippen LogP contribution in [0.2, 0.25) is 5.02 Å². The first-order chi connectivity index (χ1) is 12.4. The molecule has 0 fully saturated rings. The van der Waals surface area contributed by atoms with Gasteiger partial charge in [0.1, 0.15) is 17.3 Å². The molecule has 10 heteroatoms. The molecule has 0 radical (unpaired) electrons. The summed E-state index contributed by atoms with van der Waals surface area (Å²) in [5.41, 5.74) is 0.432. The van der Waals surface area contributed by atoms with E-state index in [0.717, 1.165) is 11.8 Å². The number of rotatable bonds is 8. The number of aromatic nitrogens is 1. The van der Waals surface area contributed by atoms with Crippen LogP contribution in [-0.2, 0) is 9.59 Å². The summed E-state index contributed by atoms with van der Waals surface area (Å²) in [4.78, 5) is 23.9. The molecule has 1 heterocycles. The maximum absolute atomic E-state index is 12.1. The molecule has 2 aromatic rings. The summed E-state index contributed by atoms with van der Waals surface area (Å²) in [6.07, 6.45) is 0.